The van der Waals surface area contributed by atoms with Gasteiger partial charge in [0, 0.05) is 30.4 Å². The number of amides is 1. The first-order chi connectivity index (χ1) is 17.9. The second-order valence-corrected chi connectivity index (χ2v) is 11.6. The molecule has 0 radical (unpaired) electrons. The molecule has 2 aliphatic heterocycles. The summed E-state index contributed by atoms with van der Waals surface area (Å²) in [6.07, 6.45) is 8.18. The molecule has 3 fully saturated rings. The third kappa shape index (κ3) is 4.46. The van der Waals surface area contributed by atoms with Crippen LogP contribution >= 0.6 is 0 Å². The number of rotatable bonds is 5. The van der Waals surface area contributed by atoms with Crippen molar-refractivity contribution in [3.05, 3.63) is 59.7 Å². The number of carbonyl (C=O) groups is 2. The molecule has 2 aromatic carbocycles. The van der Waals surface area contributed by atoms with Gasteiger partial charge in [0.05, 0.1) is 16.8 Å². The lowest BCUT2D eigenvalue weighted by atomic mass is 9.82. The van der Waals surface area contributed by atoms with Gasteiger partial charge in [0.2, 0.25) is 5.91 Å². The van der Waals surface area contributed by atoms with Crippen LogP contribution in [0.1, 0.15) is 66.8 Å². The lowest BCUT2D eigenvalue weighted by molar-refractivity contribution is -0.131. The highest BCUT2D eigenvalue weighted by Crippen LogP contribution is 2.45. The molecule has 3 aliphatic rings. The van der Waals surface area contributed by atoms with Crippen LogP contribution in [0.15, 0.2) is 48.5 Å². The maximum atomic E-state index is 13.8. The van der Waals surface area contributed by atoms with Crippen molar-refractivity contribution >= 4 is 22.8 Å². The molecule has 37 heavy (non-hydrogen) atoms. The second-order valence-electron chi connectivity index (χ2n) is 11.6. The molecule has 3 aromatic rings. The average Bonchev–Trinajstić information content (AvgIpc) is 3.60. The van der Waals surface area contributed by atoms with E-state index in [2.05, 4.69) is 33.5 Å². The quantitative estimate of drug-likeness (QED) is 0.496. The number of carboxylic acids is 1. The molecular weight excluding hydrogens is 462 g/mol. The van der Waals surface area contributed by atoms with Gasteiger partial charge in [-0.1, -0.05) is 55.7 Å². The first-order valence-corrected chi connectivity index (χ1v) is 13.9. The van der Waals surface area contributed by atoms with Gasteiger partial charge < -0.3 is 19.5 Å². The fourth-order valence-electron chi connectivity index (χ4n) is 7.26. The van der Waals surface area contributed by atoms with Crippen LogP contribution in [-0.4, -0.2) is 64.6 Å². The van der Waals surface area contributed by atoms with Gasteiger partial charge in [-0.25, -0.2) is 4.79 Å². The number of hydrogen-bond donors (Lipinski definition) is 1. The molecule has 3 heterocycles. The van der Waals surface area contributed by atoms with Gasteiger partial charge in [0.15, 0.2) is 0 Å². The molecule has 2 saturated heterocycles. The number of likely N-dealkylation sites (tertiary alicyclic amines) is 2. The molecule has 194 valence electrons. The number of benzene rings is 2. The number of carbonyl (C=O) groups excluding carboxylic acids is 1. The topological polar surface area (TPSA) is 65.8 Å². The summed E-state index contributed by atoms with van der Waals surface area (Å²) < 4.78 is 2.13. The van der Waals surface area contributed by atoms with Gasteiger partial charge in [-0.15, -0.1) is 0 Å². The van der Waals surface area contributed by atoms with Crippen molar-refractivity contribution in [2.75, 3.05) is 33.2 Å². The summed E-state index contributed by atoms with van der Waals surface area (Å²) in [4.78, 5) is 30.2. The van der Waals surface area contributed by atoms with Gasteiger partial charge in [0.25, 0.3) is 0 Å². The number of nitrogens with zero attached hydrogens (tertiary/aromatic N) is 3. The maximum Gasteiger partial charge on any atom is 0.335 e. The van der Waals surface area contributed by atoms with Gasteiger partial charge in [0.1, 0.15) is 6.54 Å². The highest BCUT2D eigenvalue weighted by molar-refractivity contribution is 5.99. The molecule has 1 atom stereocenters. The van der Waals surface area contributed by atoms with Crippen LogP contribution < -0.4 is 0 Å². The van der Waals surface area contributed by atoms with Gasteiger partial charge >= 0.3 is 5.97 Å². The van der Waals surface area contributed by atoms with Crippen LogP contribution in [0.25, 0.3) is 22.2 Å². The predicted molar refractivity (Wildman–Crippen MR) is 146 cm³/mol. The summed E-state index contributed by atoms with van der Waals surface area (Å²) in [5.74, 6) is -0.382. The first-order valence-electron chi connectivity index (χ1n) is 13.9. The van der Waals surface area contributed by atoms with E-state index < -0.39 is 5.97 Å². The molecule has 0 bridgehead atoms. The minimum absolute atomic E-state index is 0.136. The molecule has 6 nitrogen and oxygen atoms in total. The predicted octanol–water partition coefficient (Wildman–Crippen LogP) is 5.61. The molecule has 1 aliphatic carbocycles. The number of fused-ring (bicyclic) bond motifs is 1. The van der Waals surface area contributed by atoms with Crippen molar-refractivity contribution < 1.29 is 14.7 Å². The Hall–Kier alpha value is -3.12. The summed E-state index contributed by atoms with van der Waals surface area (Å²) >= 11 is 0. The van der Waals surface area contributed by atoms with E-state index in [9.17, 15) is 14.7 Å². The molecule has 6 heteroatoms. The van der Waals surface area contributed by atoms with Gasteiger partial charge in [-0.05, 0) is 68.5 Å². The van der Waals surface area contributed by atoms with Crippen molar-refractivity contribution in [2.45, 2.75) is 57.4 Å². The molecule has 1 aromatic heterocycles. The fraction of sp³-hybridized carbons (Fsp3) is 0.484. The zero-order chi connectivity index (χ0) is 25.6. The summed E-state index contributed by atoms with van der Waals surface area (Å²) in [5.41, 5.74) is 4.84. The van der Waals surface area contributed by atoms with E-state index in [1.807, 2.05) is 24.3 Å². The highest BCUT2D eigenvalue weighted by Gasteiger charge is 2.43. The molecule has 1 unspecified atom stereocenters. The molecule has 6 rings (SSSR count). The first kappa shape index (κ1) is 24.2. The van der Waals surface area contributed by atoms with Crippen molar-refractivity contribution in [1.29, 1.82) is 0 Å². The molecule has 1 N–H and O–H groups in total. The Kier molecular flexibility index (Phi) is 6.31. The summed E-state index contributed by atoms with van der Waals surface area (Å²) in [6, 6.07) is 15.8. The molecular formula is C31H37N3O3. The normalized spacial score (nSPS) is 22.9. The Labute approximate surface area is 218 Å². The van der Waals surface area contributed by atoms with Gasteiger partial charge in [-0.2, -0.15) is 0 Å². The monoisotopic (exact) mass is 499 g/mol. The standard InChI is InChI=1S/C31H37N3O3/c1-32-16-14-31(20-32)15-17-33(21-31)27(35)19-34-26-18-24(30(36)37)12-13-25(26)28(22-8-4-2-5-9-22)29(34)23-10-6-3-7-11-23/h3,6-7,10-13,18,22H,2,4-5,8-9,14-17,19-21H2,1H3,(H,36,37). The Bertz CT molecular complexity index is 1320. The minimum Gasteiger partial charge on any atom is -0.478 e. The lowest BCUT2D eigenvalue weighted by Gasteiger charge is -2.25. The van der Waals surface area contributed by atoms with E-state index in [-0.39, 0.29) is 23.4 Å². The SMILES string of the molecule is CN1CCC2(CCN(C(=O)Cn3c(-c4ccccc4)c(C4CCCCC4)c4ccc(C(=O)O)cc43)C2)C1. The lowest BCUT2D eigenvalue weighted by Crippen LogP contribution is -2.35. The number of aromatic nitrogens is 1. The van der Waals surface area contributed by atoms with E-state index in [1.165, 1.54) is 24.8 Å². The molecule has 1 spiro atoms. The Balaban J connectivity index is 1.46. The van der Waals surface area contributed by atoms with Crippen LogP contribution in [-0.2, 0) is 11.3 Å². The second kappa shape index (κ2) is 9.64. The summed E-state index contributed by atoms with van der Waals surface area (Å²) in [6.45, 7) is 4.04. The number of hydrogen-bond acceptors (Lipinski definition) is 3. The van der Waals surface area contributed by atoms with Crippen molar-refractivity contribution in [3.8, 4) is 11.3 Å². The van der Waals surface area contributed by atoms with E-state index in [0.717, 1.165) is 74.0 Å². The van der Waals surface area contributed by atoms with Crippen molar-refractivity contribution in [1.82, 2.24) is 14.4 Å². The average molecular weight is 500 g/mol. The Morgan fingerprint density at radius 1 is 0.973 bits per heavy atom. The third-order valence-electron chi connectivity index (χ3n) is 9.12. The summed E-state index contributed by atoms with van der Waals surface area (Å²) in [5, 5.41) is 10.9. The zero-order valence-corrected chi connectivity index (χ0v) is 21.8. The van der Waals surface area contributed by atoms with Crippen LogP contribution in [0.3, 0.4) is 0 Å². The Morgan fingerprint density at radius 2 is 1.73 bits per heavy atom. The van der Waals surface area contributed by atoms with Crippen molar-refractivity contribution in [3.63, 3.8) is 0 Å². The van der Waals surface area contributed by atoms with E-state index in [1.54, 1.807) is 12.1 Å². The molecule has 1 amide bonds. The zero-order valence-electron chi connectivity index (χ0n) is 21.8. The van der Waals surface area contributed by atoms with Crippen LogP contribution in [0.2, 0.25) is 0 Å². The largest absolute Gasteiger partial charge is 0.478 e. The maximum absolute atomic E-state index is 13.8. The van der Waals surface area contributed by atoms with Crippen LogP contribution in [0.4, 0.5) is 0 Å². The van der Waals surface area contributed by atoms with E-state index in [4.69, 9.17) is 0 Å². The van der Waals surface area contributed by atoms with E-state index in [0.29, 0.717) is 5.92 Å². The van der Waals surface area contributed by atoms with Gasteiger partial charge in [-0.3, -0.25) is 4.79 Å². The third-order valence-corrected chi connectivity index (χ3v) is 9.12. The fourth-order valence-corrected chi connectivity index (χ4v) is 7.26. The molecule has 1 saturated carbocycles. The van der Waals surface area contributed by atoms with E-state index >= 15 is 0 Å². The Morgan fingerprint density at radius 3 is 2.43 bits per heavy atom. The highest BCUT2D eigenvalue weighted by atomic mass is 16.4. The minimum atomic E-state index is -0.937. The number of aromatic carboxylic acids is 1. The van der Waals surface area contributed by atoms with Crippen LogP contribution in [0, 0.1) is 5.41 Å². The number of carboxylic acid groups (broad SMARTS) is 1. The van der Waals surface area contributed by atoms with Crippen LogP contribution in [0.5, 0.6) is 0 Å². The smallest absolute Gasteiger partial charge is 0.335 e. The van der Waals surface area contributed by atoms with Crippen molar-refractivity contribution in [2.24, 2.45) is 5.41 Å². The summed E-state index contributed by atoms with van der Waals surface area (Å²) in [7, 11) is 2.17.